The Labute approximate surface area is 136 Å². The van der Waals surface area contributed by atoms with Crippen LogP contribution in [0, 0.1) is 23.5 Å². The summed E-state index contributed by atoms with van der Waals surface area (Å²) in [5.74, 6) is -0.193. The fourth-order valence-corrected chi connectivity index (χ4v) is 4.08. The lowest BCUT2D eigenvalue weighted by Crippen LogP contribution is -2.35. The molecule has 126 valence electrons. The van der Waals surface area contributed by atoms with Crippen LogP contribution in [-0.4, -0.2) is 12.5 Å². The van der Waals surface area contributed by atoms with Gasteiger partial charge in [0.25, 0.3) is 0 Å². The number of amides is 1. The molecule has 2 aliphatic rings. The monoisotopic (exact) mass is 321 g/mol. The summed E-state index contributed by atoms with van der Waals surface area (Å²) in [6, 6.07) is 3.77. The van der Waals surface area contributed by atoms with Gasteiger partial charge in [0.2, 0.25) is 5.91 Å². The summed E-state index contributed by atoms with van der Waals surface area (Å²) in [5, 5.41) is 3.00. The zero-order valence-electron chi connectivity index (χ0n) is 13.7. The van der Waals surface area contributed by atoms with Crippen molar-refractivity contribution in [2.75, 3.05) is 6.54 Å². The molecule has 1 aromatic rings. The third kappa shape index (κ3) is 3.56. The molecule has 2 fully saturated rings. The zero-order chi connectivity index (χ0) is 16.4. The second-order valence-corrected chi connectivity index (χ2v) is 7.37. The Morgan fingerprint density at radius 3 is 2.57 bits per heavy atom. The van der Waals surface area contributed by atoms with E-state index in [-0.39, 0.29) is 11.3 Å². The molecule has 0 bridgehead atoms. The molecule has 0 spiro atoms. The van der Waals surface area contributed by atoms with Gasteiger partial charge >= 0.3 is 0 Å². The number of nitrogens with one attached hydrogen (secondary N) is 1. The van der Waals surface area contributed by atoms with Gasteiger partial charge in [-0.25, -0.2) is 8.78 Å². The number of halogens is 2. The van der Waals surface area contributed by atoms with Crippen molar-refractivity contribution in [2.24, 2.45) is 11.8 Å². The predicted octanol–water partition coefficient (Wildman–Crippen LogP) is 4.33. The van der Waals surface area contributed by atoms with E-state index in [1.54, 1.807) is 0 Å². The molecule has 2 nitrogen and oxygen atoms in total. The normalized spacial score (nSPS) is 27.7. The summed E-state index contributed by atoms with van der Waals surface area (Å²) in [6.45, 7) is 2.50. The van der Waals surface area contributed by atoms with Gasteiger partial charge < -0.3 is 5.32 Å². The average molecular weight is 321 g/mol. The molecular weight excluding hydrogens is 296 g/mol. The zero-order valence-corrected chi connectivity index (χ0v) is 13.7. The maximum atomic E-state index is 14.1. The lowest BCUT2D eigenvalue weighted by Gasteiger charge is -2.23. The summed E-state index contributed by atoms with van der Waals surface area (Å²) in [7, 11) is 0. The molecule has 1 aromatic carbocycles. The van der Waals surface area contributed by atoms with E-state index in [2.05, 4.69) is 12.2 Å². The first-order valence-electron chi connectivity index (χ1n) is 8.73. The first kappa shape index (κ1) is 16.4. The van der Waals surface area contributed by atoms with Gasteiger partial charge in [0.05, 0.1) is 0 Å². The SMILES string of the molecule is CC1CC1(CNC(=O)CC1CCCCC1)c1ccc(F)cc1F. The average Bonchev–Trinajstić information content (AvgIpc) is 3.17. The van der Waals surface area contributed by atoms with Gasteiger partial charge in [-0.1, -0.05) is 32.3 Å². The maximum absolute atomic E-state index is 14.1. The van der Waals surface area contributed by atoms with Gasteiger partial charge in [-0.3, -0.25) is 4.79 Å². The van der Waals surface area contributed by atoms with Crippen molar-refractivity contribution in [1.82, 2.24) is 5.32 Å². The predicted molar refractivity (Wildman–Crippen MR) is 86.0 cm³/mol. The van der Waals surface area contributed by atoms with E-state index in [1.807, 2.05) is 0 Å². The van der Waals surface area contributed by atoms with Crippen LogP contribution in [0.3, 0.4) is 0 Å². The first-order valence-corrected chi connectivity index (χ1v) is 8.73. The van der Waals surface area contributed by atoms with Crippen LogP contribution in [0.2, 0.25) is 0 Å². The van der Waals surface area contributed by atoms with E-state index >= 15 is 0 Å². The molecule has 23 heavy (non-hydrogen) atoms. The van der Waals surface area contributed by atoms with Crippen molar-refractivity contribution in [1.29, 1.82) is 0 Å². The molecule has 2 aliphatic carbocycles. The molecule has 2 unspecified atom stereocenters. The van der Waals surface area contributed by atoms with Crippen LogP contribution in [0.1, 0.15) is 57.4 Å². The largest absolute Gasteiger partial charge is 0.355 e. The lowest BCUT2D eigenvalue weighted by molar-refractivity contribution is -0.122. The quantitative estimate of drug-likeness (QED) is 0.859. The Hall–Kier alpha value is -1.45. The molecule has 0 saturated heterocycles. The van der Waals surface area contributed by atoms with Gasteiger partial charge in [-0.15, -0.1) is 0 Å². The number of rotatable bonds is 5. The third-order valence-electron chi connectivity index (χ3n) is 5.72. The van der Waals surface area contributed by atoms with E-state index in [0.29, 0.717) is 30.4 Å². The van der Waals surface area contributed by atoms with Crippen LogP contribution in [0.25, 0.3) is 0 Å². The number of carbonyl (C=O) groups is 1. The molecule has 3 rings (SSSR count). The highest BCUT2D eigenvalue weighted by atomic mass is 19.1. The van der Waals surface area contributed by atoms with E-state index in [9.17, 15) is 13.6 Å². The molecule has 2 saturated carbocycles. The highest BCUT2D eigenvalue weighted by molar-refractivity contribution is 5.76. The molecule has 1 N–H and O–H groups in total. The fraction of sp³-hybridized carbons (Fsp3) is 0.632. The molecular formula is C19H25F2NO. The molecule has 0 aliphatic heterocycles. The molecule has 4 heteroatoms. The van der Waals surface area contributed by atoms with Crippen LogP contribution in [0.4, 0.5) is 8.78 Å². The van der Waals surface area contributed by atoms with Crippen LogP contribution < -0.4 is 5.32 Å². The van der Waals surface area contributed by atoms with Crippen molar-refractivity contribution in [3.63, 3.8) is 0 Å². The minimum atomic E-state index is -0.559. The van der Waals surface area contributed by atoms with Crippen molar-refractivity contribution in [3.8, 4) is 0 Å². The van der Waals surface area contributed by atoms with Gasteiger partial charge in [-0.05, 0) is 42.7 Å². The van der Waals surface area contributed by atoms with E-state index in [0.717, 1.165) is 25.3 Å². The summed E-state index contributed by atoms with van der Waals surface area (Å²) < 4.78 is 27.2. The molecule has 0 aromatic heterocycles. The highest BCUT2D eigenvalue weighted by Gasteiger charge is 2.53. The van der Waals surface area contributed by atoms with Crippen LogP contribution in [0.5, 0.6) is 0 Å². The number of hydrogen-bond donors (Lipinski definition) is 1. The van der Waals surface area contributed by atoms with E-state index < -0.39 is 11.6 Å². The Morgan fingerprint density at radius 2 is 1.96 bits per heavy atom. The highest BCUT2D eigenvalue weighted by Crippen LogP contribution is 2.54. The summed E-state index contributed by atoms with van der Waals surface area (Å²) in [4.78, 5) is 12.2. The maximum Gasteiger partial charge on any atom is 0.220 e. The Balaban J connectivity index is 1.60. The summed E-state index contributed by atoms with van der Waals surface area (Å²) in [6.07, 6.45) is 7.42. The minimum Gasteiger partial charge on any atom is -0.355 e. The minimum absolute atomic E-state index is 0.0675. The van der Waals surface area contributed by atoms with Crippen LogP contribution in [-0.2, 0) is 10.2 Å². The number of benzene rings is 1. The first-order chi connectivity index (χ1) is 11.0. The van der Waals surface area contributed by atoms with Crippen molar-refractivity contribution < 1.29 is 13.6 Å². The van der Waals surface area contributed by atoms with E-state index in [1.165, 1.54) is 31.4 Å². The summed E-state index contributed by atoms with van der Waals surface area (Å²) in [5.41, 5.74) is 0.171. The summed E-state index contributed by atoms with van der Waals surface area (Å²) >= 11 is 0. The standard InChI is InChI=1S/C19H25F2NO/c1-13-11-19(13,16-8-7-15(20)10-17(16)21)12-22-18(23)9-14-5-3-2-4-6-14/h7-8,10,13-14H,2-6,9,11-12H2,1H3,(H,22,23). The van der Waals surface area contributed by atoms with Gasteiger partial charge in [0.15, 0.2) is 0 Å². The van der Waals surface area contributed by atoms with Gasteiger partial charge in [0.1, 0.15) is 11.6 Å². The van der Waals surface area contributed by atoms with E-state index in [4.69, 9.17) is 0 Å². The van der Waals surface area contributed by atoms with Crippen molar-refractivity contribution in [3.05, 3.63) is 35.4 Å². The Kier molecular flexibility index (Phi) is 4.69. The molecule has 1 amide bonds. The van der Waals surface area contributed by atoms with Crippen LogP contribution in [0.15, 0.2) is 18.2 Å². The van der Waals surface area contributed by atoms with Crippen molar-refractivity contribution in [2.45, 2.75) is 57.3 Å². The molecule has 0 radical (unpaired) electrons. The van der Waals surface area contributed by atoms with Gasteiger partial charge in [0, 0.05) is 24.4 Å². The number of hydrogen-bond acceptors (Lipinski definition) is 1. The molecule has 0 heterocycles. The number of carbonyl (C=O) groups excluding carboxylic acids is 1. The lowest BCUT2D eigenvalue weighted by atomic mass is 9.86. The molecule has 2 atom stereocenters. The second-order valence-electron chi connectivity index (χ2n) is 7.37. The Bertz CT molecular complexity index is 583. The Morgan fingerprint density at radius 1 is 1.26 bits per heavy atom. The topological polar surface area (TPSA) is 29.1 Å². The second kappa shape index (κ2) is 6.58. The smallest absolute Gasteiger partial charge is 0.220 e. The third-order valence-corrected chi connectivity index (χ3v) is 5.72. The van der Waals surface area contributed by atoms with Gasteiger partial charge in [-0.2, -0.15) is 0 Å². The van der Waals surface area contributed by atoms with Crippen LogP contribution >= 0.6 is 0 Å². The fourth-order valence-electron chi connectivity index (χ4n) is 4.08. The van der Waals surface area contributed by atoms with Crippen molar-refractivity contribution >= 4 is 5.91 Å².